The Morgan fingerprint density at radius 3 is 2.72 bits per heavy atom. The van der Waals surface area contributed by atoms with E-state index in [4.69, 9.17) is 15.2 Å². The molecule has 3 heterocycles. The predicted molar refractivity (Wildman–Crippen MR) is 126 cm³/mol. The number of hydrogen-bond acceptors (Lipinski definition) is 8. The predicted octanol–water partition coefficient (Wildman–Crippen LogP) is 2.67. The van der Waals surface area contributed by atoms with Gasteiger partial charge in [0.25, 0.3) is 0 Å². The summed E-state index contributed by atoms with van der Waals surface area (Å²) in [5, 5.41) is 7.93. The number of aromatic nitrogens is 4. The molecular formula is C23H33N7O2. The molecule has 1 aliphatic heterocycles. The fourth-order valence-electron chi connectivity index (χ4n) is 3.79. The first-order chi connectivity index (χ1) is 15.7. The SMILES string of the molecule is CCCCOc1nc(N)c2ncc(Cc3ccc(N4CCNCC4)c(OCCC)c3)n2n1. The molecule has 0 unspecified atom stereocenters. The van der Waals surface area contributed by atoms with Gasteiger partial charge in [0.05, 0.1) is 30.8 Å². The van der Waals surface area contributed by atoms with Crippen molar-refractivity contribution in [2.75, 3.05) is 50.0 Å². The Hall–Kier alpha value is -3.07. The second kappa shape index (κ2) is 10.5. The third-order valence-electron chi connectivity index (χ3n) is 5.50. The van der Waals surface area contributed by atoms with Crippen LogP contribution in [0.2, 0.25) is 0 Å². The molecule has 0 aliphatic carbocycles. The quantitative estimate of drug-likeness (QED) is 0.465. The first kappa shape index (κ1) is 22.1. The first-order valence-electron chi connectivity index (χ1n) is 11.5. The molecule has 0 bridgehead atoms. The van der Waals surface area contributed by atoms with Gasteiger partial charge in [0.2, 0.25) is 0 Å². The Labute approximate surface area is 188 Å². The number of nitrogens with zero attached hydrogens (tertiary/aromatic N) is 5. The fourth-order valence-corrected chi connectivity index (χ4v) is 3.79. The Bertz CT molecular complexity index is 1030. The average molecular weight is 440 g/mol. The molecule has 0 amide bonds. The van der Waals surface area contributed by atoms with Crippen molar-refractivity contribution in [1.82, 2.24) is 24.9 Å². The highest BCUT2D eigenvalue weighted by molar-refractivity contribution is 5.62. The van der Waals surface area contributed by atoms with Crippen molar-refractivity contribution in [3.8, 4) is 11.8 Å². The summed E-state index contributed by atoms with van der Waals surface area (Å²) in [7, 11) is 0. The highest BCUT2D eigenvalue weighted by atomic mass is 16.5. The summed E-state index contributed by atoms with van der Waals surface area (Å²) in [6.07, 6.45) is 5.40. The standard InChI is InChI=1S/C23H33N7O2/c1-3-5-13-32-23-27-21(24)22-26-16-18(30(22)28-23)14-17-6-7-19(20(15-17)31-12-4-2)29-10-8-25-9-11-29/h6-7,15-16,25H,3-5,8-14H2,1-2H3,(H2,24,27,28). The summed E-state index contributed by atoms with van der Waals surface area (Å²) in [5.41, 5.74) is 9.85. The molecule has 0 saturated carbocycles. The summed E-state index contributed by atoms with van der Waals surface area (Å²) in [6, 6.07) is 6.73. The molecule has 1 aliphatic rings. The lowest BCUT2D eigenvalue weighted by Gasteiger charge is -2.31. The zero-order valence-electron chi connectivity index (χ0n) is 19.0. The van der Waals surface area contributed by atoms with Crippen LogP contribution in [-0.4, -0.2) is 59.0 Å². The molecule has 0 atom stereocenters. The number of nitrogens with two attached hydrogens (primary N) is 1. The van der Waals surface area contributed by atoms with E-state index in [2.05, 4.69) is 57.3 Å². The van der Waals surface area contributed by atoms with E-state index >= 15 is 0 Å². The van der Waals surface area contributed by atoms with E-state index in [1.165, 1.54) is 0 Å². The summed E-state index contributed by atoms with van der Waals surface area (Å²) < 4.78 is 13.5. The van der Waals surface area contributed by atoms with Gasteiger partial charge in [0, 0.05) is 32.6 Å². The van der Waals surface area contributed by atoms with Crippen LogP contribution in [-0.2, 0) is 6.42 Å². The molecule has 0 radical (unpaired) electrons. The summed E-state index contributed by atoms with van der Waals surface area (Å²) >= 11 is 0. The van der Waals surface area contributed by atoms with Crippen molar-refractivity contribution in [2.24, 2.45) is 0 Å². The minimum Gasteiger partial charge on any atom is -0.491 e. The number of rotatable bonds is 10. The number of nitrogens with one attached hydrogen (secondary N) is 1. The van der Waals surface area contributed by atoms with Gasteiger partial charge in [0.1, 0.15) is 5.75 Å². The monoisotopic (exact) mass is 439 g/mol. The van der Waals surface area contributed by atoms with Gasteiger partial charge < -0.3 is 25.4 Å². The van der Waals surface area contributed by atoms with E-state index in [1.807, 2.05) is 0 Å². The Kier molecular flexibility index (Phi) is 7.26. The number of ether oxygens (including phenoxy) is 2. The van der Waals surface area contributed by atoms with Gasteiger partial charge in [-0.25, -0.2) is 9.50 Å². The fraction of sp³-hybridized carbons (Fsp3) is 0.522. The molecule has 4 rings (SSSR count). The molecule has 1 fully saturated rings. The minimum absolute atomic E-state index is 0.281. The third-order valence-corrected chi connectivity index (χ3v) is 5.50. The maximum absolute atomic E-state index is 6.13. The highest BCUT2D eigenvalue weighted by Crippen LogP contribution is 2.31. The Balaban J connectivity index is 1.59. The summed E-state index contributed by atoms with van der Waals surface area (Å²) in [6.45, 7) is 9.43. The number of benzene rings is 1. The number of hydrogen-bond donors (Lipinski definition) is 2. The van der Waals surface area contributed by atoms with Crippen molar-refractivity contribution >= 4 is 17.2 Å². The lowest BCUT2D eigenvalue weighted by atomic mass is 10.1. The van der Waals surface area contributed by atoms with Crippen molar-refractivity contribution < 1.29 is 9.47 Å². The lowest BCUT2D eigenvalue weighted by Crippen LogP contribution is -2.43. The van der Waals surface area contributed by atoms with Crippen LogP contribution in [0, 0.1) is 0 Å². The number of piperazine rings is 1. The first-order valence-corrected chi connectivity index (χ1v) is 11.5. The van der Waals surface area contributed by atoms with Gasteiger partial charge in [0.15, 0.2) is 11.5 Å². The normalized spacial score (nSPS) is 14.1. The topological polar surface area (TPSA) is 103 Å². The van der Waals surface area contributed by atoms with E-state index in [-0.39, 0.29) is 6.01 Å². The second-order valence-corrected chi connectivity index (χ2v) is 8.03. The molecule has 2 aromatic heterocycles. The largest absolute Gasteiger partial charge is 0.491 e. The number of unbranched alkanes of at least 4 members (excludes halogenated alkanes) is 1. The van der Waals surface area contributed by atoms with Crippen LogP contribution in [0.3, 0.4) is 0 Å². The van der Waals surface area contributed by atoms with Crippen LogP contribution >= 0.6 is 0 Å². The van der Waals surface area contributed by atoms with Crippen molar-refractivity contribution in [1.29, 1.82) is 0 Å². The van der Waals surface area contributed by atoms with Crippen LogP contribution in [0.15, 0.2) is 24.4 Å². The molecule has 0 spiro atoms. The second-order valence-electron chi connectivity index (χ2n) is 8.03. The molecule has 32 heavy (non-hydrogen) atoms. The Morgan fingerprint density at radius 2 is 1.94 bits per heavy atom. The van der Waals surface area contributed by atoms with E-state index in [0.29, 0.717) is 31.1 Å². The van der Waals surface area contributed by atoms with E-state index in [0.717, 1.165) is 68.1 Å². The van der Waals surface area contributed by atoms with Crippen molar-refractivity contribution in [2.45, 2.75) is 39.5 Å². The van der Waals surface area contributed by atoms with Gasteiger partial charge in [-0.05, 0) is 30.5 Å². The van der Waals surface area contributed by atoms with Crippen molar-refractivity contribution in [3.63, 3.8) is 0 Å². The zero-order valence-corrected chi connectivity index (χ0v) is 19.0. The maximum atomic E-state index is 6.13. The van der Waals surface area contributed by atoms with E-state index in [1.54, 1.807) is 10.7 Å². The highest BCUT2D eigenvalue weighted by Gasteiger charge is 2.17. The van der Waals surface area contributed by atoms with Gasteiger partial charge in [-0.1, -0.05) is 26.3 Å². The Morgan fingerprint density at radius 1 is 1.09 bits per heavy atom. The van der Waals surface area contributed by atoms with Crippen molar-refractivity contribution in [3.05, 3.63) is 35.7 Å². The maximum Gasteiger partial charge on any atom is 0.336 e. The van der Waals surface area contributed by atoms with Gasteiger partial charge in [-0.15, -0.1) is 5.10 Å². The number of nitrogen functional groups attached to an aromatic ring is 1. The molecule has 3 aromatic rings. The number of fused-ring (bicyclic) bond motifs is 1. The molecule has 3 N–H and O–H groups in total. The molecule has 1 aromatic carbocycles. The van der Waals surface area contributed by atoms with Crippen LogP contribution in [0.5, 0.6) is 11.8 Å². The molecular weight excluding hydrogens is 406 g/mol. The molecule has 172 valence electrons. The van der Waals surface area contributed by atoms with E-state index < -0.39 is 0 Å². The van der Waals surface area contributed by atoms with E-state index in [9.17, 15) is 0 Å². The smallest absolute Gasteiger partial charge is 0.336 e. The molecule has 9 nitrogen and oxygen atoms in total. The number of imidazole rings is 1. The van der Waals surface area contributed by atoms with Crippen LogP contribution in [0.1, 0.15) is 44.4 Å². The summed E-state index contributed by atoms with van der Waals surface area (Å²) in [4.78, 5) is 11.0. The summed E-state index contributed by atoms with van der Waals surface area (Å²) in [5.74, 6) is 1.25. The zero-order chi connectivity index (χ0) is 22.3. The molecule has 9 heteroatoms. The van der Waals surface area contributed by atoms with Gasteiger partial charge >= 0.3 is 6.01 Å². The third kappa shape index (κ3) is 5.04. The number of anilines is 2. The molecule has 1 saturated heterocycles. The lowest BCUT2D eigenvalue weighted by molar-refractivity contribution is 0.280. The minimum atomic E-state index is 0.281. The van der Waals surface area contributed by atoms with Crippen LogP contribution in [0.4, 0.5) is 11.5 Å². The van der Waals surface area contributed by atoms with Gasteiger partial charge in [-0.3, -0.25) is 0 Å². The van der Waals surface area contributed by atoms with Crippen LogP contribution < -0.4 is 25.4 Å². The average Bonchev–Trinajstić information content (AvgIpc) is 3.21. The van der Waals surface area contributed by atoms with Gasteiger partial charge in [-0.2, -0.15) is 4.98 Å². The van der Waals surface area contributed by atoms with Crippen LogP contribution in [0.25, 0.3) is 5.65 Å².